The second kappa shape index (κ2) is 6.21. The van der Waals surface area contributed by atoms with Crippen LogP contribution in [0.1, 0.15) is 42.5 Å². The lowest BCUT2D eigenvalue weighted by atomic mass is 9.87. The quantitative estimate of drug-likeness (QED) is 0.855. The highest BCUT2D eigenvalue weighted by Crippen LogP contribution is 2.38. The van der Waals surface area contributed by atoms with Crippen molar-refractivity contribution in [1.82, 2.24) is 9.88 Å². The highest BCUT2D eigenvalue weighted by atomic mass is 16.6. The zero-order valence-electron chi connectivity index (χ0n) is 13.4. The minimum Gasteiger partial charge on any atom is -0.375 e. The predicted molar refractivity (Wildman–Crippen MR) is 85.1 cm³/mol. The van der Waals surface area contributed by atoms with Crippen LogP contribution in [0.2, 0.25) is 0 Å². The van der Waals surface area contributed by atoms with Crippen LogP contribution >= 0.6 is 0 Å². The second-order valence-corrected chi connectivity index (χ2v) is 7.13. The average molecular weight is 316 g/mol. The van der Waals surface area contributed by atoms with Crippen molar-refractivity contribution in [3.05, 3.63) is 30.1 Å². The number of hydrogen-bond donors (Lipinski definition) is 0. The van der Waals surface area contributed by atoms with Gasteiger partial charge in [-0.25, -0.2) is 0 Å². The number of carbonyl (C=O) groups is 1. The van der Waals surface area contributed by atoms with Crippen LogP contribution in [0.4, 0.5) is 0 Å². The van der Waals surface area contributed by atoms with Gasteiger partial charge in [0, 0.05) is 38.5 Å². The number of amides is 1. The van der Waals surface area contributed by atoms with E-state index < -0.39 is 0 Å². The van der Waals surface area contributed by atoms with Crippen LogP contribution in [0.5, 0.6) is 0 Å². The fourth-order valence-electron chi connectivity index (χ4n) is 3.60. The van der Waals surface area contributed by atoms with Gasteiger partial charge >= 0.3 is 0 Å². The molecule has 0 radical (unpaired) electrons. The van der Waals surface area contributed by atoms with Gasteiger partial charge < -0.3 is 14.4 Å². The standard InChI is InChI=1S/C18H24N2O3/c21-17(15-2-1-7-19-11-15)20-8-5-18(6-9-20)10-16(13-23-18)22-12-14-3-4-14/h1-2,7,11,14,16H,3-6,8-10,12-13H2. The predicted octanol–water partition coefficient (Wildman–Crippen LogP) is 2.27. The molecule has 1 aliphatic carbocycles. The first-order valence-electron chi connectivity index (χ1n) is 8.69. The fourth-order valence-corrected chi connectivity index (χ4v) is 3.60. The Morgan fingerprint density at radius 1 is 1.39 bits per heavy atom. The highest BCUT2D eigenvalue weighted by Gasteiger charge is 2.44. The summed E-state index contributed by atoms with van der Waals surface area (Å²) in [5, 5.41) is 0. The lowest BCUT2D eigenvalue weighted by molar-refractivity contribution is -0.0410. The Hall–Kier alpha value is -1.46. The van der Waals surface area contributed by atoms with Gasteiger partial charge in [0.15, 0.2) is 0 Å². The SMILES string of the molecule is O=C(c1cccnc1)N1CCC2(CC1)CC(OCC1CC1)CO2. The van der Waals surface area contributed by atoms with Crippen LogP contribution < -0.4 is 0 Å². The Bertz CT molecular complexity index is 551. The second-order valence-electron chi connectivity index (χ2n) is 7.13. The molecule has 23 heavy (non-hydrogen) atoms. The van der Waals surface area contributed by atoms with Crippen LogP contribution in [0.3, 0.4) is 0 Å². The first-order valence-corrected chi connectivity index (χ1v) is 8.69. The van der Waals surface area contributed by atoms with E-state index in [0.717, 1.165) is 44.9 Å². The monoisotopic (exact) mass is 316 g/mol. The molecule has 1 saturated carbocycles. The summed E-state index contributed by atoms with van der Waals surface area (Å²) in [6, 6.07) is 3.63. The van der Waals surface area contributed by atoms with Crippen molar-refractivity contribution < 1.29 is 14.3 Å². The average Bonchev–Trinajstić information content (AvgIpc) is 3.36. The van der Waals surface area contributed by atoms with Gasteiger partial charge in [-0.15, -0.1) is 0 Å². The molecule has 3 heterocycles. The van der Waals surface area contributed by atoms with Crippen molar-refractivity contribution >= 4 is 5.91 Å². The van der Waals surface area contributed by atoms with E-state index in [-0.39, 0.29) is 17.6 Å². The molecule has 1 aromatic rings. The minimum atomic E-state index is -0.0695. The van der Waals surface area contributed by atoms with E-state index in [4.69, 9.17) is 9.47 Å². The number of ether oxygens (including phenoxy) is 2. The van der Waals surface area contributed by atoms with E-state index in [0.29, 0.717) is 12.2 Å². The fraction of sp³-hybridized carbons (Fsp3) is 0.667. The van der Waals surface area contributed by atoms with Gasteiger partial charge in [0.05, 0.1) is 23.9 Å². The van der Waals surface area contributed by atoms with Crippen molar-refractivity contribution in [3.8, 4) is 0 Å². The van der Waals surface area contributed by atoms with E-state index in [1.807, 2.05) is 11.0 Å². The summed E-state index contributed by atoms with van der Waals surface area (Å²) in [5.74, 6) is 0.873. The molecule has 5 nitrogen and oxygen atoms in total. The molecule has 3 fully saturated rings. The maximum Gasteiger partial charge on any atom is 0.255 e. The number of carbonyl (C=O) groups excluding carboxylic acids is 1. The molecule has 0 aromatic carbocycles. The molecular weight excluding hydrogens is 292 g/mol. The summed E-state index contributed by atoms with van der Waals surface area (Å²) in [7, 11) is 0. The number of hydrogen-bond acceptors (Lipinski definition) is 4. The lowest BCUT2D eigenvalue weighted by Crippen LogP contribution is -2.46. The largest absolute Gasteiger partial charge is 0.375 e. The van der Waals surface area contributed by atoms with Gasteiger partial charge in [0.2, 0.25) is 0 Å². The van der Waals surface area contributed by atoms with Crippen LogP contribution in [0.15, 0.2) is 24.5 Å². The summed E-state index contributed by atoms with van der Waals surface area (Å²) in [6.45, 7) is 3.12. The lowest BCUT2D eigenvalue weighted by Gasteiger charge is -2.38. The molecule has 1 spiro atoms. The molecule has 4 rings (SSSR count). The Balaban J connectivity index is 1.29. The van der Waals surface area contributed by atoms with Crippen LogP contribution in [0, 0.1) is 5.92 Å². The molecule has 0 N–H and O–H groups in total. The summed E-state index contributed by atoms with van der Waals surface area (Å²) < 4.78 is 12.1. The Morgan fingerprint density at radius 2 is 2.22 bits per heavy atom. The Labute approximate surface area is 137 Å². The molecule has 1 unspecified atom stereocenters. The molecular formula is C18H24N2O3. The van der Waals surface area contributed by atoms with E-state index in [2.05, 4.69) is 4.98 Å². The highest BCUT2D eigenvalue weighted by molar-refractivity contribution is 5.93. The van der Waals surface area contributed by atoms with Crippen LogP contribution in [0.25, 0.3) is 0 Å². The van der Waals surface area contributed by atoms with Crippen molar-refractivity contribution in [2.24, 2.45) is 5.92 Å². The third kappa shape index (κ3) is 3.40. The van der Waals surface area contributed by atoms with Crippen LogP contribution in [-0.2, 0) is 9.47 Å². The van der Waals surface area contributed by atoms with Gasteiger partial charge in [0.25, 0.3) is 5.91 Å². The molecule has 1 atom stereocenters. The molecule has 124 valence electrons. The smallest absolute Gasteiger partial charge is 0.255 e. The van der Waals surface area contributed by atoms with Gasteiger partial charge in [-0.2, -0.15) is 0 Å². The van der Waals surface area contributed by atoms with Gasteiger partial charge in [-0.1, -0.05) is 0 Å². The number of nitrogens with zero attached hydrogens (tertiary/aromatic N) is 2. The van der Waals surface area contributed by atoms with Crippen molar-refractivity contribution in [3.63, 3.8) is 0 Å². The maximum absolute atomic E-state index is 12.5. The molecule has 3 aliphatic rings. The zero-order valence-corrected chi connectivity index (χ0v) is 13.4. The molecule has 5 heteroatoms. The van der Waals surface area contributed by atoms with E-state index in [9.17, 15) is 4.79 Å². The first kappa shape index (κ1) is 15.1. The topological polar surface area (TPSA) is 51.7 Å². The Kier molecular flexibility index (Phi) is 4.07. The van der Waals surface area contributed by atoms with E-state index >= 15 is 0 Å². The summed E-state index contributed by atoms with van der Waals surface area (Å²) >= 11 is 0. The van der Waals surface area contributed by atoms with Gasteiger partial charge in [0.1, 0.15) is 0 Å². The van der Waals surface area contributed by atoms with Crippen LogP contribution in [-0.4, -0.2) is 53.8 Å². The molecule has 1 amide bonds. The summed E-state index contributed by atoms with van der Waals surface area (Å²) in [5.41, 5.74) is 0.598. The molecule has 0 bridgehead atoms. The van der Waals surface area contributed by atoms with Gasteiger partial charge in [-0.3, -0.25) is 9.78 Å². The summed E-state index contributed by atoms with van der Waals surface area (Å²) in [4.78, 5) is 18.4. The third-order valence-electron chi connectivity index (χ3n) is 5.31. The number of pyridine rings is 1. The molecule has 2 aliphatic heterocycles. The third-order valence-corrected chi connectivity index (χ3v) is 5.31. The molecule has 1 aromatic heterocycles. The van der Waals surface area contributed by atoms with E-state index in [1.54, 1.807) is 18.5 Å². The molecule has 2 saturated heterocycles. The zero-order chi connectivity index (χ0) is 15.7. The maximum atomic E-state index is 12.5. The normalized spacial score (nSPS) is 26.6. The number of rotatable bonds is 4. The van der Waals surface area contributed by atoms with Crippen molar-refractivity contribution in [2.75, 3.05) is 26.3 Å². The number of likely N-dealkylation sites (tertiary alicyclic amines) is 1. The van der Waals surface area contributed by atoms with Crippen molar-refractivity contribution in [2.45, 2.75) is 43.8 Å². The first-order chi connectivity index (χ1) is 11.2. The minimum absolute atomic E-state index is 0.0695. The summed E-state index contributed by atoms with van der Waals surface area (Å²) in [6.07, 6.45) is 9.01. The van der Waals surface area contributed by atoms with E-state index in [1.165, 1.54) is 12.8 Å². The Morgan fingerprint density at radius 3 is 2.91 bits per heavy atom. The number of piperidine rings is 1. The van der Waals surface area contributed by atoms with Crippen molar-refractivity contribution in [1.29, 1.82) is 0 Å². The number of aromatic nitrogens is 1. The van der Waals surface area contributed by atoms with Gasteiger partial charge in [-0.05, 0) is 43.7 Å².